The predicted molar refractivity (Wildman–Crippen MR) is 118 cm³/mol. The Morgan fingerprint density at radius 3 is 2.27 bits per heavy atom. The van der Waals surface area contributed by atoms with Crippen molar-refractivity contribution in [1.29, 1.82) is 0 Å². The van der Waals surface area contributed by atoms with Gasteiger partial charge in [-0.15, -0.1) is 0 Å². The first-order chi connectivity index (χ1) is 15.4. The molecule has 11 heteroatoms. The molecule has 1 atom stereocenters. The van der Waals surface area contributed by atoms with Crippen LogP contribution >= 0.6 is 0 Å². The van der Waals surface area contributed by atoms with Crippen LogP contribution in [0.25, 0.3) is 0 Å². The molecule has 2 aromatic carbocycles. The molecule has 2 aromatic rings. The largest absolute Gasteiger partial charge is 0.497 e. The van der Waals surface area contributed by atoms with Crippen LogP contribution in [-0.4, -0.2) is 53.1 Å². The number of ether oxygens (including phenoxy) is 3. The van der Waals surface area contributed by atoms with E-state index in [0.29, 0.717) is 11.3 Å². The summed E-state index contributed by atoms with van der Waals surface area (Å²) >= 11 is 0. The molecular formula is C22H27BFNO8. The number of hydrogen-bond donors (Lipinski definition) is 4. The summed E-state index contributed by atoms with van der Waals surface area (Å²) in [6.45, 7) is 4.76. The quantitative estimate of drug-likeness (QED) is 0.412. The number of rotatable bonds is 9. The van der Waals surface area contributed by atoms with E-state index in [1.807, 2.05) is 0 Å². The third kappa shape index (κ3) is 7.65. The molecule has 0 spiro atoms. The fourth-order valence-corrected chi connectivity index (χ4v) is 2.92. The first-order valence-electron chi connectivity index (χ1n) is 10.1. The molecule has 0 bridgehead atoms. The van der Waals surface area contributed by atoms with Gasteiger partial charge >= 0.3 is 19.2 Å². The number of nitrogens with one attached hydrogen (secondary N) is 1. The van der Waals surface area contributed by atoms with Crippen LogP contribution in [0.5, 0.6) is 11.5 Å². The highest BCUT2D eigenvalue weighted by Gasteiger charge is 2.29. The van der Waals surface area contributed by atoms with Crippen molar-refractivity contribution in [1.82, 2.24) is 5.32 Å². The molecule has 33 heavy (non-hydrogen) atoms. The molecule has 4 N–H and O–H groups in total. The van der Waals surface area contributed by atoms with E-state index in [1.165, 1.54) is 7.11 Å². The summed E-state index contributed by atoms with van der Waals surface area (Å²) in [5.41, 5.74) is -0.587. The smallest absolute Gasteiger partial charge is 0.492 e. The Labute approximate surface area is 191 Å². The molecule has 9 nitrogen and oxygen atoms in total. The van der Waals surface area contributed by atoms with Gasteiger partial charge < -0.3 is 34.7 Å². The number of alkyl carbamates (subject to hydrolysis) is 1. The zero-order valence-electron chi connectivity index (χ0n) is 18.8. The highest BCUT2D eigenvalue weighted by Crippen LogP contribution is 2.24. The molecule has 0 aliphatic rings. The number of benzene rings is 2. The Hall–Kier alpha value is -3.31. The molecule has 1 amide bonds. The fourth-order valence-electron chi connectivity index (χ4n) is 2.92. The van der Waals surface area contributed by atoms with E-state index in [-0.39, 0.29) is 23.4 Å². The van der Waals surface area contributed by atoms with E-state index in [1.54, 1.807) is 45.0 Å². The predicted octanol–water partition coefficient (Wildman–Crippen LogP) is 1.61. The van der Waals surface area contributed by atoms with Crippen molar-refractivity contribution in [3.8, 4) is 11.5 Å². The summed E-state index contributed by atoms with van der Waals surface area (Å²) in [6.07, 6.45) is -1.52. The summed E-state index contributed by atoms with van der Waals surface area (Å²) in [5.74, 6) is -1.87. The number of carboxylic acid groups (broad SMARTS) is 1. The van der Waals surface area contributed by atoms with Crippen molar-refractivity contribution < 1.29 is 43.3 Å². The number of amides is 1. The maximum absolute atomic E-state index is 14.8. The maximum atomic E-state index is 14.8. The lowest BCUT2D eigenvalue weighted by Crippen LogP contribution is -2.45. The minimum Gasteiger partial charge on any atom is -0.497 e. The van der Waals surface area contributed by atoms with Crippen LogP contribution in [0.2, 0.25) is 0 Å². The Bertz CT molecular complexity index is 976. The lowest BCUT2D eigenvalue weighted by atomic mass is 9.78. The van der Waals surface area contributed by atoms with Crippen LogP contribution in [0.1, 0.15) is 31.9 Å². The Morgan fingerprint density at radius 2 is 1.76 bits per heavy atom. The number of carbonyl (C=O) groups excluding carboxylic acids is 1. The Balaban J connectivity index is 2.34. The Kier molecular flexibility index (Phi) is 8.66. The molecule has 0 aliphatic carbocycles. The van der Waals surface area contributed by atoms with Crippen molar-refractivity contribution >= 4 is 24.6 Å². The lowest BCUT2D eigenvalue weighted by molar-refractivity contribution is -0.139. The van der Waals surface area contributed by atoms with E-state index >= 15 is 0 Å². The second-order valence-electron chi connectivity index (χ2n) is 8.20. The summed E-state index contributed by atoms with van der Waals surface area (Å²) in [6, 6.07) is 7.33. The SMILES string of the molecule is COc1ccc(COc2c(B(O)O)ccc(F)c2CC(NC(=O)OC(C)(C)C)C(=O)O)cc1. The van der Waals surface area contributed by atoms with E-state index < -0.39 is 43.1 Å². The maximum Gasteiger partial charge on any atom is 0.492 e. The lowest BCUT2D eigenvalue weighted by Gasteiger charge is -2.23. The number of hydrogen-bond acceptors (Lipinski definition) is 7. The molecule has 0 saturated carbocycles. The van der Waals surface area contributed by atoms with Crippen LogP contribution in [-0.2, 0) is 22.6 Å². The topological polar surface area (TPSA) is 135 Å². The van der Waals surface area contributed by atoms with Gasteiger partial charge in [0.05, 0.1) is 7.11 Å². The zero-order valence-corrected chi connectivity index (χ0v) is 18.8. The summed E-state index contributed by atoms with van der Waals surface area (Å²) in [4.78, 5) is 23.8. The van der Waals surface area contributed by atoms with Gasteiger partial charge in [-0.1, -0.05) is 18.2 Å². The van der Waals surface area contributed by atoms with Crippen molar-refractivity contribution in [2.45, 2.75) is 45.4 Å². The van der Waals surface area contributed by atoms with E-state index in [2.05, 4.69) is 5.32 Å². The average molecular weight is 463 g/mol. The minimum absolute atomic E-state index is 0.0720. The number of carbonyl (C=O) groups is 2. The molecule has 1 unspecified atom stereocenters. The minimum atomic E-state index is -2.00. The number of methoxy groups -OCH3 is 1. The second-order valence-corrected chi connectivity index (χ2v) is 8.20. The van der Waals surface area contributed by atoms with Crippen molar-refractivity contribution in [2.24, 2.45) is 0 Å². The van der Waals surface area contributed by atoms with Crippen LogP contribution in [0.4, 0.5) is 9.18 Å². The van der Waals surface area contributed by atoms with Crippen LogP contribution in [0.3, 0.4) is 0 Å². The first kappa shape index (κ1) is 26.0. The van der Waals surface area contributed by atoms with Crippen LogP contribution in [0.15, 0.2) is 36.4 Å². The van der Waals surface area contributed by atoms with Gasteiger partial charge in [0, 0.05) is 17.4 Å². The zero-order chi connectivity index (χ0) is 24.8. The van der Waals surface area contributed by atoms with Gasteiger partial charge in [0.25, 0.3) is 0 Å². The van der Waals surface area contributed by atoms with Gasteiger partial charge in [-0.05, 0) is 44.5 Å². The van der Waals surface area contributed by atoms with Gasteiger partial charge in [-0.3, -0.25) is 0 Å². The van der Waals surface area contributed by atoms with Gasteiger partial charge in [-0.2, -0.15) is 0 Å². The molecule has 0 aliphatic heterocycles. The standard InChI is InChI=1S/C22H27BFNO8/c1-22(2,3)33-21(28)25-18(20(26)27)11-15-17(24)10-9-16(23(29)30)19(15)32-12-13-5-7-14(31-4)8-6-13/h5-10,18,29-30H,11-12H2,1-4H3,(H,25,28)(H,26,27). The van der Waals surface area contributed by atoms with Gasteiger partial charge in [0.2, 0.25) is 0 Å². The summed E-state index contributed by atoms with van der Waals surface area (Å²) in [5, 5.41) is 31.2. The van der Waals surface area contributed by atoms with Crippen molar-refractivity contribution in [3.63, 3.8) is 0 Å². The second kappa shape index (κ2) is 11.0. The molecule has 0 fully saturated rings. The van der Waals surface area contributed by atoms with E-state index in [4.69, 9.17) is 14.2 Å². The summed E-state index contributed by atoms with van der Waals surface area (Å²) < 4.78 is 30.6. The Morgan fingerprint density at radius 1 is 1.12 bits per heavy atom. The molecule has 0 heterocycles. The van der Waals surface area contributed by atoms with Gasteiger partial charge in [0.1, 0.15) is 35.6 Å². The van der Waals surface area contributed by atoms with Crippen molar-refractivity contribution in [3.05, 3.63) is 53.3 Å². The number of halogens is 1. The molecule has 0 aromatic heterocycles. The van der Waals surface area contributed by atoms with Gasteiger partial charge in [0.15, 0.2) is 0 Å². The number of aliphatic carboxylic acids is 1. The van der Waals surface area contributed by atoms with E-state index in [9.17, 15) is 29.1 Å². The fraction of sp³-hybridized carbons (Fsp3) is 0.364. The average Bonchev–Trinajstić information content (AvgIpc) is 2.72. The number of carboxylic acids is 1. The summed E-state index contributed by atoms with van der Waals surface area (Å²) in [7, 11) is -0.485. The van der Waals surface area contributed by atoms with Crippen molar-refractivity contribution in [2.75, 3.05) is 7.11 Å². The third-order valence-corrected chi connectivity index (χ3v) is 4.45. The molecular weight excluding hydrogens is 436 g/mol. The third-order valence-electron chi connectivity index (χ3n) is 4.45. The molecule has 178 valence electrons. The monoisotopic (exact) mass is 463 g/mol. The first-order valence-corrected chi connectivity index (χ1v) is 10.1. The van der Waals surface area contributed by atoms with Gasteiger partial charge in [-0.25, -0.2) is 14.0 Å². The van der Waals surface area contributed by atoms with Crippen LogP contribution < -0.4 is 20.3 Å². The molecule has 0 radical (unpaired) electrons. The molecule has 0 saturated heterocycles. The van der Waals surface area contributed by atoms with E-state index in [0.717, 1.165) is 12.1 Å². The highest BCUT2D eigenvalue weighted by atomic mass is 19.1. The van der Waals surface area contributed by atoms with Crippen LogP contribution in [0, 0.1) is 5.82 Å². The normalized spacial score (nSPS) is 12.0. The molecule has 2 rings (SSSR count). The highest BCUT2D eigenvalue weighted by molar-refractivity contribution is 6.59.